The molecule has 2 fully saturated rings. The lowest BCUT2D eigenvalue weighted by atomic mass is 9.80. The normalized spacial score (nSPS) is 25.2. The highest BCUT2D eigenvalue weighted by atomic mass is 16.2. The number of piperidine rings is 1. The maximum Gasteiger partial charge on any atom is 0.274 e. The van der Waals surface area contributed by atoms with E-state index >= 15 is 0 Å². The van der Waals surface area contributed by atoms with E-state index < -0.39 is 0 Å². The summed E-state index contributed by atoms with van der Waals surface area (Å²) >= 11 is 0. The summed E-state index contributed by atoms with van der Waals surface area (Å²) in [5.74, 6) is 0.0746. The van der Waals surface area contributed by atoms with Crippen molar-refractivity contribution in [3.05, 3.63) is 35.8 Å². The van der Waals surface area contributed by atoms with E-state index in [0.717, 1.165) is 43.8 Å². The Kier molecular flexibility index (Phi) is 3.18. The van der Waals surface area contributed by atoms with Gasteiger partial charge in [0.05, 0.1) is 0 Å². The molecule has 1 N–H and O–H groups in total. The minimum atomic E-state index is 0.0746. The van der Waals surface area contributed by atoms with Crippen LogP contribution >= 0.6 is 0 Å². The highest BCUT2D eigenvalue weighted by Crippen LogP contribution is 2.36. The van der Waals surface area contributed by atoms with Crippen LogP contribution < -0.4 is 5.32 Å². The Bertz CT molecular complexity index is 715. The Labute approximate surface area is 130 Å². The van der Waals surface area contributed by atoms with Crippen LogP contribution in [0.4, 0.5) is 0 Å². The van der Waals surface area contributed by atoms with Crippen molar-refractivity contribution in [2.24, 2.45) is 5.41 Å². The fourth-order valence-electron chi connectivity index (χ4n) is 3.91. The molecule has 22 heavy (non-hydrogen) atoms. The van der Waals surface area contributed by atoms with Crippen molar-refractivity contribution >= 4 is 11.6 Å². The number of rotatable bonds is 1. The summed E-state index contributed by atoms with van der Waals surface area (Å²) < 4.78 is 1.94. The van der Waals surface area contributed by atoms with Gasteiger partial charge in [0, 0.05) is 37.4 Å². The van der Waals surface area contributed by atoms with E-state index in [9.17, 15) is 4.79 Å². The molecule has 4 rings (SSSR count). The second kappa shape index (κ2) is 5.09. The van der Waals surface area contributed by atoms with Crippen LogP contribution in [0.25, 0.3) is 5.65 Å². The van der Waals surface area contributed by atoms with E-state index in [4.69, 9.17) is 0 Å². The number of imidazole rings is 1. The predicted octanol–water partition coefficient (Wildman–Crippen LogP) is 1.86. The molecule has 0 aliphatic carbocycles. The molecule has 0 radical (unpaired) electrons. The molecule has 2 aromatic heterocycles. The molecule has 2 aromatic rings. The molecular weight excluding hydrogens is 276 g/mol. The zero-order chi connectivity index (χ0) is 15.2. The van der Waals surface area contributed by atoms with E-state index in [0.29, 0.717) is 11.1 Å². The minimum absolute atomic E-state index is 0.0746. The number of nitrogens with one attached hydrogen (secondary N) is 1. The molecule has 1 unspecified atom stereocenters. The van der Waals surface area contributed by atoms with Crippen molar-refractivity contribution in [1.29, 1.82) is 0 Å². The number of nitrogens with zero attached hydrogens (tertiary/aromatic N) is 3. The Balaban J connectivity index is 1.57. The zero-order valence-electron chi connectivity index (χ0n) is 13.0. The molecule has 2 aliphatic heterocycles. The molecule has 2 aliphatic rings. The molecule has 1 spiro atoms. The van der Waals surface area contributed by atoms with Gasteiger partial charge in [-0.1, -0.05) is 6.07 Å². The zero-order valence-corrected chi connectivity index (χ0v) is 13.0. The number of aryl methyl sites for hydroxylation is 1. The van der Waals surface area contributed by atoms with E-state index in [1.807, 2.05) is 40.8 Å². The number of aromatic nitrogens is 2. The summed E-state index contributed by atoms with van der Waals surface area (Å²) in [5.41, 5.74) is 2.83. The number of pyridine rings is 1. The van der Waals surface area contributed by atoms with Crippen LogP contribution in [0.5, 0.6) is 0 Å². The third-order valence-corrected chi connectivity index (χ3v) is 5.18. The van der Waals surface area contributed by atoms with Crippen molar-refractivity contribution in [3.63, 3.8) is 0 Å². The number of carbonyl (C=O) groups is 1. The van der Waals surface area contributed by atoms with E-state index in [-0.39, 0.29) is 5.91 Å². The summed E-state index contributed by atoms with van der Waals surface area (Å²) in [6.07, 6.45) is 7.36. The van der Waals surface area contributed by atoms with Gasteiger partial charge in [-0.3, -0.25) is 4.79 Å². The van der Waals surface area contributed by atoms with Crippen molar-refractivity contribution < 1.29 is 4.79 Å². The molecular formula is C17H22N4O. The van der Waals surface area contributed by atoms with Crippen LogP contribution in [0, 0.1) is 12.3 Å². The van der Waals surface area contributed by atoms with Gasteiger partial charge >= 0.3 is 0 Å². The van der Waals surface area contributed by atoms with Gasteiger partial charge in [-0.15, -0.1) is 0 Å². The average Bonchev–Trinajstić information content (AvgIpc) is 3.13. The first-order valence-corrected chi connectivity index (χ1v) is 8.11. The molecule has 0 bridgehead atoms. The van der Waals surface area contributed by atoms with Crippen molar-refractivity contribution in [2.45, 2.75) is 26.2 Å². The third-order valence-electron chi connectivity index (χ3n) is 5.18. The van der Waals surface area contributed by atoms with Gasteiger partial charge in [0.2, 0.25) is 0 Å². The van der Waals surface area contributed by atoms with Gasteiger partial charge in [-0.05, 0) is 44.4 Å². The molecule has 4 heterocycles. The molecule has 5 heteroatoms. The van der Waals surface area contributed by atoms with Crippen LogP contribution in [0.15, 0.2) is 24.5 Å². The number of carbonyl (C=O) groups excluding carboxylic acids is 1. The van der Waals surface area contributed by atoms with E-state index in [1.54, 1.807) is 0 Å². The summed E-state index contributed by atoms with van der Waals surface area (Å²) in [7, 11) is 0. The fourth-order valence-corrected chi connectivity index (χ4v) is 3.91. The summed E-state index contributed by atoms with van der Waals surface area (Å²) in [6, 6.07) is 4.01. The van der Waals surface area contributed by atoms with Crippen molar-refractivity contribution in [3.8, 4) is 0 Å². The van der Waals surface area contributed by atoms with E-state index in [1.165, 1.54) is 12.8 Å². The number of hydrogen-bond acceptors (Lipinski definition) is 3. The number of amides is 1. The van der Waals surface area contributed by atoms with Gasteiger partial charge in [0.15, 0.2) is 0 Å². The molecule has 5 nitrogen and oxygen atoms in total. The van der Waals surface area contributed by atoms with Gasteiger partial charge in [-0.2, -0.15) is 0 Å². The molecule has 1 amide bonds. The Morgan fingerprint density at radius 3 is 3.09 bits per heavy atom. The first-order chi connectivity index (χ1) is 10.7. The maximum absolute atomic E-state index is 12.8. The predicted molar refractivity (Wildman–Crippen MR) is 85.0 cm³/mol. The minimum Gasteiger partial charge on any atom is -0.337 e. The topological polar surface area (TPSA) is 49.6 Å². The second-order valence-corrected chi connectivity index (χ2v) is 6.81. The highest BCUT2D eigenvalue weighted by molar-refractivity contribution is 5.93. The van der Waals surface area contributed by atoms with Crippen molar-refractivity contribution in [1.82, 2.24) is 19.6 Å². The highest BCUT2D eigenvalue weighted by Gasteiger charge is 2.41. The monoisotopic (exact) mass is 298 g/mol. The summed E-state index contributed by atoms with van der Waals surface area (Å²) in [4.78, 5) is 19.3. The summed E-state index contributed by atoms with van der Waals surface area (Å²) in [6.45, 7) is 5.90. The van der Waals surface area contributed by atoms with Crippen LogP contribution in [-0.4, -0.2) is 46.4 Å². The molecule has 0 saturated carbocycles. The Hall–Kier alpha value is -1.88. The molecule has 116 valence electrons. The molecule has 2 saturated heterocycles. The SMILES string of the molecule is Cc1cccn2cc(C(=O)N3CCC4(CCCNC4)C3)nc12. The lowest BCUT2D eigenvalue weighted by Crippen LogP contribution is -2.42. The first kappa shape index (κ1) is 13.8. The fraction of sp³-hybridized carbons (Fsp3) is 0.529. The average molecular weight is 298 g/mol. The lowest BCUT2D eigenvalue weighted by Gasteiger charge is -2.33. The third kappa shape index (κ3) is 2.20. The Morgan fingerprint density at radius 2 is 2.32 bits per heavy atom. The van der Waals surface area contributed by atoms with Gasteiger partial charge in [-0.25, -0.2) is 4.98 Å². The van der Waals surface area contributed by atoms with Gasteiger partial charge in [0.25, 0.3) is 5.91 Å². The summed E-state index contributed by atoms with van der Waals surface area (Å²) in [5, 5.41) is 3.49. The Morgan fingerprint density at radius 1 is 1.41 bits per heavy atom. The number of fused-ring (bicyclic) bond motifs is 1. The number of hydrogen-bond donors (Lipinski definition) is 1. The van der Waals surface area contributed by atoms with Crippen molar-refractivity contribution in [2.75, 3.05) is 26.2 Å². The van der Waals surface area contributed by atoms with Crippen LogP contribution in [0.1, 0.15) is 35.3 Å². The smallest absolute Gasteiger partial charge is 0.274 e. The standard InChI is InChI=1S/C17H22N4O/c1-13-4-2-8-20-10-14(19-15(13)20)16(22)21-9-6-17(12-21)5-3-7-18-11-17/h2,4,8,10,18H,3,5-7,9,11-12H2,1H3. The molecule has 1 atom stereocenters. The first-order valence-electron chi connectivity index (χ1n) is 8.11. The second-order valence-electron chi connectivity index (χ2n) is 6.81. The van der Waals surface area contributed by atoms with E-state index in [2.05, 4.69) is 10.3 Å². The molecule has 0 aromatic carbocycles. The van der Waals surface area contributed by atoms with Crippen LogP contribution in [-0.2, 0) is 0 Å². The largest absolute Gasteiger partial charge is 0.337 e. The maximum atomic E-state index is 12.8. The number of likely N-dealkylation sites (tertiary alicyclic amines) is 1. The van der Waals surface area contributed by atoms with Crippen LogP contribution in [0.3, 0.4) is 0 Å². The quantitative estimate of drug-likeness (QED) is 0.874. The van der Waals surface area contributed by atoms with Crippen LogP contribution in [0.2, 0.25) is 0 Å². The van der Waals surface area contributed by atoms with Gasteiger partial charge in [0.1, 0.15) is 11.3 Å². The van der Waals surface area contributed by atoms with Gasteiger partial charge < -0.3 is 14.6 Å². The lowest BCUT2D eigenvalue weighted by molar-refractivity contribution is 0.0759.